The highest BCUT2D eigenvalue weighted by molar-refractivity contribution is 9.10. The van der Waals surface area contributed by atoms with Crippen LogP contribution >= 0.6 is 27.3 Å². The Labute approximate surface area is 110 Å². The van der Waals surface area contributed by atoms with E-state index in [1.165, 1.54) is 17.1 Å². The minimum Gasteiger partial charge on any atom is -0.477 e. The summed E-state index contributed by atoms with van der Waals surface area (Å²) in [5.41, 5.74) is 0.856. The van der Waals surface area contributed by atoms with E-state index in [1.807, 2.05) is 11.4 Å². The smallest absolute Gasteiger partial charge is 0.354 e. The van der Waals surface area contributed by atoms with Gasteiger partial charge in [0.15, 0.2) is 0 Å². The number of carboxylic acid groups (broad SMARTS) is 1. The van der Waals surface area contributed by atoms with Crippen molar-refractivity contribution in [3.05, 3.63) is 44.8 Å². The van der Waals surface area contributed by atoms with Crippen LogP contribution < -0.4 is 5.32 Å². The number of carboxylic acids is 1. The van der Waals surface area contributed by atoms with E-state index in [1.54, 1.807) is 17.4 Å². The Morgan fingerprint density at radius 3 is 2.88 bits per heavy atom. The predicted octanol–water partition coefficient (Wildman–Crippen LogP) is 3.22. The molecule has 2 aromatic heterocycles. The zero-order valence-corrected chi connectivity index (χ0v) is 11.1. The molecule has 4 nitrogen and oxygen atoms in total. The molecular formula is C11H9BrN2O2S. The van der Waals surface area contributed by atoms with Crippen molar-refractivity contribution < 1.29 is 9.90 Å². The van der Waals surface area contributed by atoms with Gasteiger partial charge in [0.1, 0.15) is 5.69 Å². The van der Waals surface area contributed by atoms with Crippen molar-refractivity contribution >= 4 is 38.9 Å². The summed E-state index contributed by atoms with van der Waals surface area (Å²) < 4.78 is 1.07. The van der Waals surface area contributed by atoms with E-state index < -0.39 is 5.97 Å². The third-order valence-electron chi connectivity index (χ3n) is 2.07. The Bertz CT molecular complexity index is 525. The Balaban J connectivity index is 1.97. The van der Waals surface area contributed by atoms with Gasteiger partial charge in [-0.3, -0.25) is 0 Å². The van der Waals surface area contributed by atoms with E-state index in [4.69, 9.17) is 5.11 Å². The maximum absolute atomic E-state index is 10.6. The van der Waals surface area contributed by atoms with Crippen molar-refractivity contribution in [2.45, 2.75) is 6.54 Å². The number of aromatic nitrogens is 1. The molecule has 6 heteroatoms. The van der Waals surface area contributed by atoms with Gasteiger partial charge >= 0.3 is 5.97 Å². The van der Waals surface area contributed by atoms with Crippen LogP contribution in [0.25, 0.3) is 0 Å². The van der Waals surface area contributed by atoms with Gasteiger partial charge in [0.25, 0.3) is 0 Å². The molecule has 2 heterocycles. The fraction of sp³-hybridized carbons (Fsp3) is 0.0909. The Morgan fingerprint density at radius 1 is 1.53 bits per heavy atom. The number of rotatable bonds is 4. The number of aromatic carboxylic acids is 1. The average molecular weight is 313 g/mol. The summed E-state index contributed by atoms with van der Waals surface area (Å²) in [7, 11) is 0. The van der Waals surface area contributed by atoms with Crippen LogP contribution in [-0.4, -0.2) is 16.1 Å². The highest BCUT2D eigenvalue weighted by Gasteiger charge is 2.03. The number of hydrogen-bond acceptors (Lipinski definition) is 4. The number of hydrogen-bond donors (Lipinski definition) is 2. The average Bonchev–Trinajstić information content (AvgIpc) is 2.73. The van der Waals surface area contributed by atoms with Gasteiger partial charge < -0.3 is 10.4 Å². The summed E-state index contributed by atoms with van der Waals surface area (Å²) in [4.78, 5) is 15.6. The van der Waals surface area contributed by atoms with Crippen molar-refractivity contribution in [2.24, 2.45) is 0 Å². The van der Waals surface area contributed by atoms with Gasteiger partial charge in [-0.25, -0.2) is 9.78 Å². The van der Waals surface area contributed by atoms with Gasteiger partial charge in [0, 0.05) is 21.3 Å². The number of carbonyl (C=O) groups is 1. The molecule has 0 spiro atoms. The minimum atomic E-state index is -1.02. The highest BCUT2D eigenvalue weighted by atomic mass is 79.9. The van der Waals surface area contributed by atoms with E-state index in [9.17, 15) is 4.79 Å². The molecule has 0 aliphatic carbocycles. The van der Waals surface area contributed by atoms with E-state index in [2.05, 4.69) is 26.2 Å². The predicted molar refractivity (Wildman–Crippen MR) is 70.5 cm³/mol. The number of pyridine rings is 1. The van der Waals surface area contributed by atoms with Crippen LogP contribution in [0.5, 0.6) is 0 Å². The second kappa shape index (κ2) is 5.29. The first-order valence-corrected chi connectivity index (χ1v) is 6.48. The molecule has 0 amide bonds. The van der Waals surface area contributed by atoms with Crippen molar-refractivity contribution in [1.82, 2.24) is 4.98 Å². The van der Waals surface area contributed by atoms with Gasteiger partial charge in [0.2, 0.25) is 0 Å². The van der Waals surface area contributed by atoms with Gasteiger partial charge in [0.05, 0.1) is 11.9 Å². The first-order chi connectivity index (χ1) is 8.15. The SMILES string of the molecule is O=C(O)c1ccc(NCc2cc(Br)cs2)cn1. The maximum Gasteiger partial charge on any atom is 0.354 e. The molecule has 17 heavy (non-hydrogen) atoms. The molecule has 0 aromatic carbocycles. The Kier molecular flexibility index (Phi) is 3.75. The molecule has 0 saturated heterocycles. The summed E-state index contributed by atoms with van der Waals surface area (Å²) in [5, 5.41) is 13.9. The quantitative estimate of drug-likeness (QED) is 0.910. The second-order valence-corrected chi connectivity index (χ2v) is 5.23. The van der Waals surface area contributed by atoms with Gasteiger partial charge in [-0.2, -0.15) is 0 Å². The summed E-state index contributed by atoms with van der Waals surface area (Å²) in [6, 6.07) is 5.23. The molecule has 2 N–H and O–H groups in total. The van der Waals surface area contributed by atoms with Crippen LogP contribution in [0.2, 0.25) is 0 Å². The first kappa shape index (κ1) is 12.1. The summed E-state index contributed by atoms with van der Waals surface area (Å²) in [6.07, 6.45) is 1.52. The van der Waals surface area contributed by atoms with Gasteiger partial charge in [-0.05, 0) is 34.1 Å². The molecule has 0 atom stereocenters. The molecule has 88 valence electrons. The first-order valence-electron chi connectivity index (χ1n) is 4.81. The van der Waals surface area contributed by atoms with Crippen LogP contribution in [0, 0.1) is 0 Å². The van der Waals surface area contributed by atoms with Crippen LogP contribution in [-0.2, 0) is 6.54 Å². The van der Waals surface area contributed by atoms with E-state index in [-0.39, 0.29) is 5.69 Å². The third-order valence-corrected chi connectivity index (χ3v) is 3.77. The van der Waals surface area contributed by atoms with Gasteiger partial charge in [-0.1, -0.05) is 0 Å². The number of nitrogens with one attached hydrogen (secondary N) is 1. The molecule has 0 aliphatic heterocycles. The monoisotopic (exact) mass is 312 g/mol. The summed E-state index contributed by atoms with van der Waals surface area (Å²) in [6.45, 7) is 0.699. The zero-order chi connectivity index (χ0) is 12.3. The molecule has 0 aliphatic rings. The lowest BCUT2D eigenvalue weighted by Gasteiger charge is -2.04. The fourth-order valence-corrected chi connectivity index (χ4v) is 2.65. The van der Waals surface area contributed by atoms with Crippen LogP contribution in [0.4, 0.5) is 5.69 Å². The summed E-state index contributed by atoms with van der Waals surface area (Å²) in [5.74, 6) is -1.02. The lowest BCUT2D eigenvalue weighted by atomic mass is 10.3. The third kappa shape index (κ3) is 3.28. The Morgan fingerprint density at radius 2 is 2.35 bits per heavy atom. The lowest BCUT2D eigenvalue weighted by molar-refractivity contribution is 0.0690. The van der Waals surface area contributed by atoms with E-state index in [0.717, 1.165) is 10.2 Å². The molecule has 2 aromatic rings. The Hall–Kier alpha value is -1.40. The normalized spacial score (nSPS) is 10.2. The molecule has 0 bridgehead atoms. The minimum absolute atomic E-state index is 0.0504. The van der Waals surface area contributed by atoms with Crippen molar-refractivity contribution in [1.29, 1.82) is 0 Å². The molecule has 0 unspecified atom stereocenters. The van der Waals surface area contributed by atoms with Gasteiger partial charge in [-0.15, -0.1) is 11.3 Å². The molecular weight excluding hydrogens is 304 g/mol. The summed E-state index contributed by atoms with van der Waals surface area (Å²) >= 11 is 5.04. The zero-order valence-electron chi connectivity index (χ0n) is 8.68. The van der Waals surface area contributed by atoms with Crippen molar-refractivity contribution in [3.63, 3.8) is 0 Å². The van der Waals surface area contributed by atoms with Crippen molar-refractivity contribution in [2.75, 3.05) is 5.32 Å². The van der Waals surface area contributed by atoms with E-state index in [0.29, 0.717) is 6.54 Å². The van der Waals surface area contributed by atoms with Crippen molar-refractivity contribution in [3.8, 4) is 0 Å². The maximum atomic E-state index is 10.6. The molecule has 2 rings (SSSR count). The molecule has 0 saturated carbocycles. The van der Waals surface area contributed by atoms with E-state index >= 15 is 0 Å². The molecule has 0 radical (unpaired) electrons. The number of nitrogens with zero attached hydrogens (tertiary/aromatic N) is 1. The highest BCUT2D eigenvalue weighted by Crippen LogP contribution is 2.20. The molecule has 0 fully saturated rings. The largest absolute Gasteiger partial charge is 0.477 e. The fourth-order valence-electron chi connectivity index (χ4n) is 1.26. The van der Waals surface area contributed by atoms with Crippen LogP contribution in [0.1, 0.15) is 15.4 Å². The standard InChI is InChI=1S/C11H9BrN2O2S/c12-7-3-9(17-6-7)5-13-8-1-2-10(11(15)16)14-4-8/h1-4,6,13H,5H2,(H,15,16). The second-order valence-electron chi connectivity index (χ2n) is 3.32. The number of anilines is 1. The topological polar surface area (TPSA) is 62.2 Å². The van der Waals surface area contributed by atoms with Crippen LogP contribution in [0.15, 0.2) is 34.2 Å². The van der Waals surface area contributed by atoms with Crippen LogP contribution in [0.3, 0.4) is 0 Å². The number of thiophene rings is 1. The lowest BCUT2D eigenvalue weighted by Crippen LogP contribution is -2.02. The number of halogens is 1.